The fourth-order valence-electron chi connectivity index (χ4n) is 2.65. The highest BCUT2D eigenvalue weighted by Crippen LogP contribution is 2.22. The van der Waals surface area contributed by atoms with Gasteiger partial charge < -0.3 is 15.0 Å². The molecule has 0 atom stereocenters. The lowest BCUT2D eigenvalue weighted by Crippen LogP contribution is -2.48. The summed E-state index contributed by atoms with van der Waals surface area (Å²) in [7, 11) is 0. The number of rotatable bonds is 5. The van der Waals surface area contributed by atoms with Gasteiger partial charge >= 0.3 is 6.09 Å². The molecular weight excluding hydrogens is 370 g/mol. The Bertz CT molecular complexity index is 679. The highest BCUT2D eigenvalue weighted by atomic mass is 32.2. The highest BCUT2D eigenvalue weighted by Gasteiger charge is 2.25. The molecule has 1 heterocycles. The summed E-state index contributed by atoms with van der Waals surface area (Å²) in [6.45, 7) is 6.61. The first-order valence-electron chi connectivity index (χ1n) is 8.78. The number of piperidine rings is 1. The minimum absolute atomic E-state index is 0.00576. The third-order valence-corrected chi connectivity index (χ3v) is 4.98. The van der Waals surface area contributed by atoms with Crippen molar-refractivity contribution >= 4 is 29.4 Å². The monoisotopic (exact) mass is 395 g/mol. The Morgan fingerprint density at radius 3 is 2.37 bits per heavy atom. The Balaban J connectivity index is 1.73. The number of nitrogens with zero attached hydrogens (tertiary/aromatic N) is 2. The maximum atomic E-state index is 12.3. The van der Waals surface area contributed by atoms with E-state index in [0.29, 0.717) is 25.9 Å². The Hall–Kier alpha value is -2.29. The van der Waals surface area contributed by atoms with Gasteiger partial charge in [-0.3, -0.25) is 14.9 Å². The van der Waals surface area contributed by atoms with Crippen LogP contribution in [0.3, 0.4) is 0 Å². The second kappa shape index (κ2) is 9.07. The molecule has 1 aliphatic rings. The molecule has 0 saturated carbocycles. The molecule has 1 fully saturated rings. The van der Waals surface area contributed by atoms with E-state index in [0.717, 1.165) is 4.90 Å². The molecule has 0 spiro atoms. The number of nitro groups is 1. The second-order valence-corrected chi connectivity index (χ2v) is 8.39. The van der Waals surface area contributed by atoms with Gasteiger partial charge in [-0.05, 0) is 45.7 Å². The summed E-state index contributed by atoms with van der Waals surface area (Å²) >= 11 is 1.36. The number of non-ortho nitro benzene ring substituents is 1. The summed E-state index contributed by atoms with van der Waals surface area (Å²) in [5.74, 6) is 0.302. The normalized spacial score (nSPS) is 15.3. The molecule has 0 aliphatic carbocycles. The maximum absolute atomic E-state index is 12.3. The average Bonchev–Trinajstić information content (AvgIpc) is 2.59. The largest absolute Gasteiger partial charge is 0.444 e. The fraction of sp³-hybridized carbons (Fsp3) is 0.556. The molecule has 2 rings (SSSR count). The maximum Gasteiger partial charge on any atom is 0.407 e. The lowest BCUT2D eigenvalue weighted by atomic mass is 10.1. The molecule has 1 aromatic carbocycles. The van der Waals surface area contributed by atoms with Gasteiger partial charge in [0.2, 0.25) is 5.91 Å². The molecule has 1 aliphatic heterocycles. The number of thioether (sulfide) groups is 1. The molecule has 8 nitrogen and oxygen atoms in total. The smallest absolute Gasteiger partial charge is 0.407 e. The Kier molecular flexibility index (Phi) is 7.06. The number of hydrogen-bond acceptors (Lipinski definition) is 6. The first kappa shape index (κ1) is 21.0. The third-order valence-electron chi connectivity index (χ3n) is 3.98. The number of hydrogen-bond donors (Lipinski definition) is 1. The van der Waals surface area contributed by atoms with E-state index in [4.69, 9.17) is 4.74 Å². The standard InChI is InChI=1S/C18H25N3O5S/c1-18(2,3)26-17(23)19-13-8-10-20(11-9-13)16(22)12-27-15-6-4-14(5-7-15)21(24)25/h4-7,13H,8-12H2,1-3H3,(H,19,23). The van der Waals surface area contributed by atoms with Gasteiger partial charge in [0.25, 0.3) is 5.69 Å². The Morgan fingerprint density at radius 1 is 1.26 bits per heavy atom. The lowest BCUT2D eigenvalue weighted by molar-refractivity contribution is -0.384. The number of carbonyl (C=O) groups excluding carboxylic acids is 2. The van der Waals surface area contributed by atoms with Gasteiger partial charge in [0, 0.05) is 36.2 Å². The van der Waals surface area contributed by atoms with Gasteiger partial charge in [0.1, 0.15) is 5.60 Å². The van der Waals surface area contributed by atoms with E-state index in [1.165, 1.54) is 23.9 Å². The predicted molar refractivity (Wildman–Crippen MR) is 103 cm³/mol. The van der Waals surface area contributed by atoms with Crippen LogP contribution in [0.2, 0.25) is 0 Å². The molecule has 2 amide bonds. The van der Waals surface area contributed by atoms with Crippen molar-refractivity contribution in [3.05, 3.63) is 34.4 Å². The fourth-order valence-corrected chi connectivity index (χ4v) is 3.45. The molecule has 0 radical (unpaired) electrons. The topological polar surface area (TPSA) is 102 Å². The van der Waals surface area contributed by atoms with Crippen LogP contribution in [0.15, 0.2) is 29.2 Å². The Labute approximate surface area is 162 Å². The van der Waals surface area contributed by atoms with Crippen LogP contribution in [-0.2, 0) is 9.53 Å². The zero-order valence-corrected chi connectivity index (χ0v) is 16.6. The molecule has 27 heavy (non-hydrogen) atoms. The van der Waals surface area contributed by atoms with Crippen LogP contribution in [0.1, 0.15) is 33.6 Å². The van der Waals surface area contributed by atoms with Crippen LogP contribution in [0.4, 0.5) is 10.5 Å². The van der Waals surface area contributed by atoms with Crippen LogP contribution in [-0.4, -0.2) is 52.3 Å². The van der Waals surface area contributed by atoms with Crippen LogP contribution < -0.4 is 5.32 Å². The molecule has 0 unspecified atom stereocenters. The van der Waals surface area contributed by atoms with E-state index < -0.39 is 16.6 Å². The Morgan fingerprint density at radius 2 is 1.85 bits per heavy atom. The number of benzene rings is 1. The van der Waals surface area contributed by atoms with Gasteiger partial charge in [-0.25, -0.2) is 4.79 Å². The lowest BCUT2D eigenvalue weighted by Gasteiger charge is -2.32. The van der Waals surface area contributed by atoms with Crippen molar-refractivity contribution < 1.29 is 19.2 Å². The first-order chi connectivity index (χ1) is 12.6. The summed E-state index contributed by atoms with van der Waals surface area (Å²) in [6, 6.07) is 6.16. The van der Waals surface area contributed by atoms with Crippen LogP contribution in [0, 0.1) is 10.1 Å². The molecule has 0 bridgehead atoms. The predicted octanol–water partition coefficient (Wildman–Crippen LogP) is 3.20. The van der Waals surface area contributed by atoms with E-state index in [2.05, 4.69) is 5.32 Å². The van der Waals surface area contributed by atoms with Crippen LogP contribution >= 0.6 is 11.8 Å². The minimum atomic E-state index is -0.532. The van der Waals surface area contributed by atoms with Crippen molar-refractivity contribution in [3.63, 3.8) is 0 Å². The molecule has 148 valence electrons. The number of carbonyl (C=O) groups is 2. The summed E-state index contributed by atoms with van der Waals surface area (Å²) in [5, 5.41) is 13.5. The van der Waals surface area contributed by atoms with Crippen molar-refractivity contribution in [2.24, 2.45) is 0 Å². The van der Waals surface area contributed by atoms with E-state index in [1.807, 2.05) is 20.8 Å². The highest BCUT2D eigenvalue weighted by molar-refractivity contribution is 8.00. The molecule has 1 saturated heterocycles. The van der Waals surface area contributed by atoms with Crippen molar-refractivity contribution in [2.75, 3.05) is 18.8 Å². The number of likely N-dealkylation sites (tertiary alicyclic amines) is 1. The molecule has 0 aromatic heterocycles. The molecule has 1 aromatic rings. The van der Waals surface area contributed by atoms with E-state index in [-0.39, 0.29) is 23.4 Å². The van der Waals surface area contributed by atoms with Crippen molar-refractivity contribution in [1.82, 2.24) is 10.2 Å². The van der Waals surface area contributed by atoms with Crippen molar-refractivity contribution in [2.45, 2.75) is 50.2 Å². The zero-order valence-electron chi connectivity index (χ0n) is 15.8. The van der Waals surface area contributed by atoms with Gasteiger partial charge in [0.05, 0.1) is 10.7 Å². The van der Waals surface area contributed by atoms with Crippen LogP contribution in [0.5, 0.6) is 0 Å². The quantitative estimate of drug-likeness (QED) is 0.467. The minimum Gasteiger partial charge on any atom is -0.444 e. The number of ether oxygens (including phenoxy) is 1. The van der Waals surface area contributed by atoms with Gasteiger partial charge in [-0.15, -0.1) is 11.8 Å². The van der Waals surface area contributed by atoms with Crippen molar-refractivity contribution in [3.8, 4) is 0 Å². The number of nitrogens with one attached hydrogen (secondary N) is 1. The average molecular weight is 395 g/mol. The molecular formula is C18H25N3O5S. The number of nitro benzene ring substituents is 1. The summed E-state index contributed by atoms with van der Waals surface area (Å²) < 4.78 is 5.25. The summed E-state index contributed by atoms with van der Waals surface area (Å²) in [4.78, 5) is 37.0. The van der Waals surface area contributed by atoms with Gasteiger partial charge in [0.15, 0.2) is 0 Å². The van der Waals surface area contributed by atoms with Gasteiger partial charge in [-0.1, -0.05) is 0 Å². The third kappa shape index (κ3) is 7.09. The molecule has 9 heteroatoms. The summed E-state index contributed by atoms with van der Waals surface area (Å²) in [6.07, 6.45) is 0.946. The van der Waals surface area contributed by atoms with E-state index in [9.17, 15) is 19.7 Å². The van der Waals surface area contributed by atoms with E-state index >= 15 is 0 Å². The van der Waals surface area contributed by atoms with E-state index in [1.54, 1.807) is 17.0 Å². The number of alkyl carbamates (subject to hydrolysis) is 1. The summed E-state index contributed by atoms with van der Waals surface area (Å²) in [5.41, 5.74) is -0.499. The van der Waals surface area contributed by atoms with Gasteiger partial charge in [-0.2, -0.15) is 0 Å². The zero-order chi connectivity index (χ0) is 20.0. The van der Waals surface area contributed by atoms with Crippen LogP contribution in [0.25, 0.3) is 0 Å². The first-order valence-corrected chi connectivity index (χ1v) is 9.77. The SMILES string of the molecule is CC(C)(C)OC(=O)NC1CCN(C(=O)CSc2ccc([N+](=O)[O-])cc2)CC1. The second-order valence-electron chi connectivity index (χ2n) is 7.34. The molecule has 1 N–H and O–H groups in total. The number of amides is 2. The van der Waals surface area contributed by atoms with Crippen molar-refractivity contribution in [1.29, 1.82) is 0 Å².